The lowest BCUT2D eigenvalue weighted by Crippen LogP contribution is -2.44. The topological polar surface area (TPSA) is 49.9 Å². The van der Waals surface area contributed by atoms with E-state index in [9.17, 15) is 18.4 Å². The van der Waals surface area contributed by atoms with Crippen LogP contribution in [0, 0.1) is 11.6 Å². The van der Waals surface area contributed by atoms with E-state index in [-0.39, 0.29) is 23.4 Å². The van der Waals surface area contributed by atoms with E-state index < -0.39 is 17.7 Å². The van der Waals surface area contributed by atoms with Gasteiger partial charge in [0.2, 0.25) is 0 Å². The Morgan fingerprint density at radius 2 is 1.72 bits per heavy atom. The smallest absolute Gasteiger partial charge is 0.257 e. The van der Waals surface area contributed by atoms with Crippen molar-refractivity contribution in [2.24, 2.45) is 0 Å². The number of amides is 2. The molecule has 162 valence electrons. The van der Waals surface area contributed by atoms with Gasteiger partial charge in [0.05, 0.1) is 18.2 Å². The minimum atomic E-state index is -0.694. The largest absolute Gasteiger partial charge is 0.485 e. The molecule has 2 amide bonds. The molecule has 0 spiro atoms. The van der Waals surface area contributed by atoms with Gasteiger partial charge in [-0.2, -0.15) is 0 Å². The molecule has 5 rings (SSSR count). The van der Waals surface area contributed by atoms with Crippen LogP contribution in [-0.2, 0) is 0 Å². The number of hydrogen-bond donors (Lipinski definition) is 0. The minimum absolute atomic E-state index is 0.120. The molecule has 0 bridgehead atoms. The summed E-state index contributed by atoms with van der Waals surface area (Å²) in [4.78, 5) is 29.3. The summed E-state index contributed by atoms with van der Waals surface area (Å²) in [5.41, 5.74) is 1.64. The van der Waals surface area contributed by atoms with Gasteiger partial charge in [0, 0.05) is 30.8 Å². The van der Waals surface area contributed by atoms with E-state index in [0.717, 1.165) is 6.07 Å². The summed E-state index contributed by atoms with van der Waals surface area (Å²) in [7, 11) is 1.70. The Kier molecular flexibility index (Phi) is 4.89. The van der Waals surface area contributed by atoms with Crippen LogP contribution in [0.2, 0.25) is 0 Å². The standard InChI is InChI=1S/C25H20F2N2O3/c1-28-21-13-29(24(30)15-5-3-2-4-6-15)14-23(21)32-22-11-16(7-9-19(22)25(28)31)18-10-8-17(26)12-20(18)27/h2-12,21,23H,13-14H2,1H3. The molecular weight excluding hydrogens is 414 g/mol. The molecule has 1 saturated heterocycles. The van der Waals surface area contributed by atoms with Crippen LogP contribution in [0.1, 0.15) is 20.7 Å². The quantitative estimate of drug-likeness (QED) is 0.613. The van der Waals surface area contributed by atoms with Gasteiger partial charge >= 0.3 is 0 Å². The van der Waals surface area contributed by atoms with Crippen LogP contribution >= 0.6 is 0 Å². The van der Waals surface area contributed by atoms with Crippen molar-refractivity contribution in [2.75, 3.05) is 20.1 Å². The predicted octanol–water partition coefficient (Wildman–Crippen LogP) is 3.99. The molecule has 2 aliphatic rings. The third kappa shape index (κ3) is 3.39. The Hall–Kier alpha value is -3.74. The first-order chi connectivity index (χ1) is 15.4. The number of benzene rings is 3. The molecule has 0 aliphatic carbocycles. The number of likely N-dealkylation sites (N-methyl/N-ethyl adjacent to an activating group) is 1. The van der Waals surface area contributed by atoms with E-state index >= 15 is 0 Å². The van der Waals surface area contributed by atoms with E-state index in [4.69, 9.17) is 4.74 Å². The maximum atomic E-state index is 14.3. The van der Waals surface area contributed by atoms with Crippen LogP contribution in [0.25, 0.3) is 11.1 Å². The first-order valence-electron chi connectivity index (χ1n) is 10.3. The fraction of sp³-hybridized carbons (Fsp3) is 0.200. The highest BCUT2D eigenvalue weighted by Gasteiger charge is 2.44. The second-order valence-electron chi connectivity index (χ2n) is 8.05. The Balaban J connectivity index is 1.47. The second-order valence-corrected chi connectivity index (χ2v) is 8.05. The van der Waals surface area contributed by atoms with E-state index in [0.29, 0.717) is 35.5 Å². The molecule has 0 radical (unpaired) electrons. The maximum absolute atomic E-state index is 14.3. The van der Waals surface area contributed by atoms with Crippen LogP contribution in [-0.4, -0.2) is 53.9 Å². The number of carbonyl (C=O) groups excluding carboxylic acids is 2. The van der Waals surface area contributed by atoms with Crippen molar-refractivity contribution < 1.29 is 23.1 Å². The third-order valence-electron chi connectivity index (χ3n) is 6.10. The summed E-state index contributed by atoms with van der Waals surface area (Å²) in [6.45, 7) is 0.679. The Morgan fingerprint density at radius 3 is 2.47 bits per heavy atom. The van der Waals surface area contributed by atoms with Crippen molar-refractivity contribution in [3.8, 4) is 16.9 Å². The number of hydrogen-bond acceptors (Lipinski definition) is 3. The van der Waals surface area contributed by atoms with Gasteiger partial charge in [0.25, 0.3) is 11.8 Å². The van der Waals surface area contributed by atoms with Gasteiger partial charge < -0.3 is 14.5 Å². The first kappa shape index (κ1) is 20.2. The van der Waals surface area contributed by atoms with Crippen LogP contribution < -0.4 is 4.74 Å². The number of rotatable bonds is 2. The molecule has 7 heteroatoms. The minimum Gasteiger partial charge on any atom is -0.485 e. The lowest BCUT2D eigenvalue weighted by atomic mass is 10.0. The lowest BCUT2D eigenvalue weighted by molar-refractivity contribution is 0.0674. The summed E-state index contributed by atoms with van der Waals surface area (Å²) in [5.74, 6) is -1.38. The van der Waals surface area contributed by atoms with E-state index in [1.54, 1.807) is 59.3 Å². The van der Waals surface area contributed by atoms with Crippen molar-refractivity contribution in [2.45, 2.75) is 12.1 Å². The van der Waals surface area contributed by atoms with Gasteiger partial charge in [-0.3, -0.25) is 9.59 Å². The molecule has 32 heavy (non-hydrogen) atoms. The van der Waals surface area contributed by atoms with Crippen molar-refractivity contribution in [3.05, 3.63) is 89.5 Å². The third-order valence-corrected chi connectivity index (χ3v) is 6.10. The van der Waals surface area contributed by atoms with Gasteiger partial charge in [-0.05, 0) is 42.0 Å². The number of fused-ring (bicyclic) bond motifs is 2. The molecule has 2 atom stereocenters. The van der Waals surface area contributed by atoms with E-state index in [1.807, 2.05) is 6.07 Å². The van der Waals surface area contributed by atoms with Gasteiger partial charge in [-0.1, -0.05) is 24.3 Å². The summed E-state index contributed by atoms with van der Waals surface area (Å²) >= 11 is 0. The molecule has 0 aromatic heterocycles. The molecule has 3 aromatic rings. The van der Waals surface area contributed by atoms with Gasteiger partial charge in [0.1, 0.15) is 23.5 Å². The van der Waals surface area contributed by atoms with Crippen molar-refractivity contribution in [1.82, 2.24) is 9.80 Å². The van der Waals surface area contributed by atoms with E-state index in [1.165, 1.54) is 12.1 Å². The molecule has 3 aromatic carbocycles. The second kappa shape index (κ2) is 7.75. The van der Waals surface area contributed by atoms with Crippen LogP contribution in [0.4, 0.5) is 8.78 Å². The van der Waals surface area contributed by atoms with Crippen LogP contribution in [0.15, 0.2) is 66.7 Å². The average Bonchev–Trinajstić information content (AvgIpc) is 3.18. The van der Waals surface area contributed by atoms with Crippen molar-refractivity contribution in [1.29, 1.82) is 0 Å². The van der Waals surface area contributed by atoms with Gasteiger partial charge in [0.15, 0.2) is 0 Å². The SMILES string of the molecule is CN1C(=O)c2ccc(-c3ccc(F)cc3F)cc2OC2CN(C(=O)c3ccccc3)CC21. The number of halogens is 2. The number of ether oxygens (including phenoxy) is 1. The summed E-state index contributed by atoms with van der Waals surface area (Å²) in [6.07, 6.45) is -0.425. The molecule has 2 heterocycles. The highest BCUT2D eigenvalue weighted by Crippen LogP contribution is 2.35. The Morgan fingerprint density at radius 1 is 0.969 bits per heavy atom. The molecular formula is C25H20F2N2O3. The Bertz CT molecular complexity index is 1220. The Labute approximate surface area is 183 Å². The molecule has 0 saturated carbocycles. The normalized spacial score (nSPS) is 19.8. The number of carbonyl (C=O) groups is 2. The zero-order valence-corrected chi connectivity index (χ0v) is 17.3. The predicted molar refractivity (Wildman–Crippen MR) is 114 cm³/mol. The first-order valence-corrected chi connectivity index (χ1v) is 10.3. The van der Waals surface area contributed by atoms with Gasteiger partial charge in [-0.25, -0.2) is 8.78 Å². The fourth-order valence-electron chi connectivity index (χ4n) is 4.36. The zero-order valence-electron chi connectivity index (χ0n) is 17.3. The average molecular weight is 434 g/mol. The number of likely N-dealkylation sites (tertiary alicyclic amines) is 1. The van der Waals surface area contributed by atoms with Crippen LogP contribution in [0.5, 0.6) is 5.75 Å². The molecule has 5 nitrogen and oxygen atoms in total. The summed E-state index contributed by atoms with van der Waals surface area (Å²) in [6, 6.07) is 16.8. The fourth-order valence-corrected chi connectivity index (χ4v) is 4.36. The summed E-state index contributed by atoms with van der Waals surface area (Å²) in [5, 5.41) is 0. The highest BCUT2D eigenvalue weighted by molar-refractivity contribution is 5.99. The van der Waals surface area contributed by atoms with E-state index in [2.05, 4.69) is 0 Å². The highest BCUT2D eigenvalue weighted by atomic mass is 19.1. The van der Waals surface area contributed by atoms with Crippen molar-refractivity contribution in [3.63, 3.8) is 0 Å². The molecule has 2 aliphatic heterocycles. The monoisotopic (exact) mass is 434 g/mol. The lowest BCUT2D eigenvalue weighted by Gasteiger charge is -2.25. The van der Waals surface area contributed by atoms with Gasteiger partial charge in [-0.15, -0.1) is 0 Å². The van der Waals surface area contributed by atoms with Crippen LogP contribution in [0.3, 0.4) is 0 Å². The molecule has 2 unspecified atom stereocenters. The maximum Gasteiger partial charge on any atom is 0.257 e. The number of nitrogens with zero attached hydrogens (tertiary/aromatic N) is 2. The summed E-state index contributed by atoms with van der Waals surface area (Å²) < 4.78 is 33.8. The molecule has 0 N–H and O–H groups in total. The zero-order chi connectivity index (χ0) is 22.4. The van der Waals surface area contributed by atoms with Crippen molar-refractivity contribution >= 4 is 11.8 Å². The molecule has 1 fully saturated rings.